The first-order chi connectivity index (χ1) is 6.24. The Labute approximate surface area is 78.8 Å². The van der Waals surface area contributed by atoms with E-state index in [1.165, 1.54) is 5.56 Å². The van der Waals surface area contributed by atoms with Crippen molar-refractivity contribution in [2.24, 2.45) is 0 Å². The first-order valence-corrected chi connectivity index (χ1v) is 4.63. The summed E-state index contributed by atoms with van der Waals surface area (Å²) in [5, 5.41) is 17.9. The molecule has 0 saturated carbocycles. The molecule has 1 aromatic rings. The summed E-state index contributed by atoms with van der Waals surface area (Å²) in [4.78, 5) is 0. The minimum atomic E-state index is 0.261. The molecule has 2 nitrogen and oxygen atoms in total. The molecule has 0 aliphatic carbocycles. The van der Waals surface area contributed by atoms with Crippen LogP contribution < -0.4 is 0 Å². The molecular weight excluding hydrogens is 164 g/mol. The Morgan fingerprint density at radius 1 is 1.23 bits per heavy atom. The fourth-order valence-electron chi connectivity index (χ4n) is 1.31. The number of unbranched alkanes of at least 4 members (excludes halogenated alkanes) is 1. The van der Waals surface area contributed by atoms with Gasteiger partial charge in [0.2, 0.25) is 0 Å². The Morgan fingerprint density at radius 2 is 2.00 bits per heavy atom. The highest BCUT2D eigenvalue weighted by atomic mass is 16.3. The Bertz CT molecular complexity index is 269. The quantitative estimate of drug-likeness (QED) is 0.696. The molecule has 0 spiro atoms. The Kier molecular flexibility index (Phi) is 3.77. The summed E-state index contributed by atoms with van der Waals surface area (Å²) in [6.07, 6.45) is 2.82. The second-order valence-corrected chi connectivity index (χ2v) is 3.30. The summed E-state index contributed by atoms with van der Waals surface area (Å²) >= 11 is 0. The van der Waals surface area contributed by atoms with Gasteiger partial charge in [-0.2, -0.15) is 0 Å². The zero-order valence-corrected chi connectivity index (χ0v) is 7.95. The van der Waals surface area contributed by atoms with Crippen LogP contribution in [0.1, 0.15) is 24.0 Å². The molecule has 0 aromatic heterocycles. The molecule has 0 heterocycles. The lowest BCUT2D eigenvalue weighted by Crippen LogP contribution is -1.89. The summed E-state index contributed by atoms with van der Waals surface area (Å²) in [5.41, 5.74) is 2.14. The molecule has 2 N–H and O–H groups in total. The van der Waals surface area contributed by atoms with Crippen molar-refractivity contribution >= 4 is 0 Å². The topological polar surface area (TPSA) is 40.5 Å². The average Bonchev–Trinajstić information content (AvgIpc) is 2.12. The molecule has 2 heteroatoms. The van der Waals surface area contributed by atoms with E-state index in [0.29, 0.717) is 5.75 Å². The van der Waals surface area contributed by atoms with Crippen LogP contribution in [0, 0.1) is 6.92 Å². The van der Waals surface area contributed by atoms with Crippen molar-refractivity contribution < 1.29 is 10.2 Å². The van der Waals surface area contributed by atoms with E-state index in [9.17, 15) is 5.11 Å². The predicted octanol–water partition coefficient (Wildman–Crippen LogP) is 2.02. The normalized spacial score (nSPS) is 10.3. The van der Waals surface area contributed by atoms with Crippen LogP contribution >= 0.6 is 0 Å². The van der Waals surface area contributed by atoms with Crippen LogP contribution in [-0.2, 0) is 6.42 Å². The number of rotatable bonds is 4. The van der Waals surface area contributed by atoms with Crippen LogP contribution in [0.5, 0.6) is 5.75 Å². The number of hydrogen-bond donors (Lipinski definition) is 2. The fourth-order valence-corrected chi connectivity index (χ4v) is 1.31. The van der Waals surface area contributed by atoms with Crippen molar-refractivity contribution in [1.29, 1.82) is 0 Å². The lowest BCUT2D eigenvalue weighted by molar-refractivity contribution is 0.284. The molecule has 0 saturated heterocycles. The molecule has 1 rings (SSSR count). The zero-order valence-electron chi connectivity index (χ0n) is 7.95. The third-order valence-corrected chi connectivity index (χ3v) is 2.13. The van der Waals surface area contributed by atoms with Gasteiger partial charge in [-0.25, -0.2) is 0 Å². The van der Waals surface area contributed by atoms with E-state index in [4.69, 9.17) is 5.11 Å². The monoisotopic (exact) mass is 180 g/mol. The molecule has 0 amide bonds. The van der Waals surface area contributed by atoms with Gasteiger partial charge in [0.25, 0.3) is 0 Å². The number of benzene rings is 1. The van der Waals surface area contributed by atoms with Crippen LogP contribution in [-0.4, -0.2) is 16.8 Å². The van der Waals surface area contributed by atoms with Crippen LogP contribution in [0.2, 0.25) is 0 Å². The number of aliphatic hydroxyl groups excluding tert-OH is 1. The SMILES string of the molecule is Cc1cc(CCCCO)ccc1O. The molecule has 0 fully saturated rings. The van der Waals surface area contributed by atoms with Crippen LogP contribution in [0.25, 0.3) is 0 Å². The standard InChI is InChI=1S/C11H16O2/c1-9-8-10(4-2-3-7-12)5-6-11(9)13/h5-6,8,12-13H,2-4,7H2,1H3. The lowest BCUT2D eigenvalue weighted by atomic mass is 10.1. The number of phenols is 1. The minimum absolute atomic E-state index is 0.261. The van der Waals surface area contributed by atoms with Crippen LogP contribution in [0.4, 0.5) is 0 Å². The zero-order chi connectivity index (χ0) is 9.68. The molecule has 0 aliphatic rings. The third-order valence-electron chi connectivity index (χ3n) is 2.13. The van der Waals surface area contributed by atoms with Gasteiger partial charge >= 0.3 is 0 Å². The van der Waals surface area contributed by atoms with Gasteiger partial charge in [0.1, 0.15) is 5.75 Å². The van der Waals surface area contributed by atoms with E-state index >= 15 is 0 Å². The minimum Gasteiger partial charge on any atom is -0.508 e. The van der Waals surface area contributed by atoms with Gasteiger partial charge in [0.05, 0.1) is 0 Å². The van der Waals surface area contributed by atoms with E-state index in [0.717, 1.165) is 24.8 Å². The first kappa shape index (κ1) is 10.1. The molecule has 1 aromatic carbocycles. The summed E-state index contributed by atoms with van der Waals surface area (Å²) < 4.78 is 0. The van der Waals surface area contributed by atoms with Crippen molar-refractivity contribution in [2.75, 3.05) is 6.61 Å². The summed E-state index contributed by atoms with van der Waals surface area (Å²) in [6, 6.07) is 5.65. The second-order valence-electron chi connectivity index (χ2n) is 3.30. The van der Waals surface area contributed by atoms with E-state index in [1.807, 2.05) is 19.1 Å². The molecule has 0 radical (unpaired) electrons. The van der Waals surface area contributed by atoms with Gasteiger partial charge in [0, 0.05) is 6.61 Å². The number of hydrogen-bond acceptors (Lipinski definition) is 2. The molecular formula is C11H16O2. The van der Waals surface area contributed by atoms with Gasteiger partial charge in [-0.15, -0.1) is 0 Å². The summed E-state index contributed by atoms with van der Waals surface area (Å²) in [7, 11) is 0. The smallest absolute Gasteiger partial charge is 0.118 e. The fraction of sp³-hybridized carbons (Fsp3) is 0.455. The maximum absolute atomic E-state index is 9.28. The maximum Gasteiger partial charge on any atom is 0.118 e. The molecule has 0 unspecified atom stereocenters. The molecule has 13 heavy (non-hydrogen) atoms. The Morgan fingerprint density at radius 3 is 2.62 bits per heavy atom. The molecule has 0 atom stereocenters. The van der Waals surface area contributed by atoms with E-state index in [-0.39, 0.29) is 6.61 Å². The summed E-state index contributed by atoms with van der Waals surface area (Å²) in [6.45, 7) is 2.15. The van der Waals surface area contributed by atoms with Crippen LogP contribution in [0.3, 0.4) is 0 Å². The number of aryl methyl sites for hydroxylation is 2. The average molecular weight is 180 g/mol. The van der Waals surface area contributed by atoms with Crippen molar-refractivity contribution in [2.45, 2.75) is 26.2 Å². The highest BCUT2D eigenvalue weighted by molar-refractivity contribution is 5.34. The van der Waals surface area contributed by atoms with Crippen molar-refractivity contribution in [3.8, 4) is 5.75 Å². The lowest BCUT2D eigenvalue weighted by Gasteiger charge is -2.03. The van der Waals surface area contributed by atoms with Crippen molar-refractivity contribution in [3.63, 3.8) is 0 Å². The van der Waals surface area contributed by atoms with Gasteiger partial charge in [-0.3, -0.25) is 0 Å². The predicted molar refractivity (Wildman–Crippen MR) is 52.9 cm³/mol. The van der Waals surface area contributed by atoms with Crippen molar-refractivity contribution in [1.82, 2.24) is 0 Å². The molecule has 72 valence electrons. The Hall–Kier alpha value is -1.02. The van der Waals surface area contributed by atoms with Gasteiger partial charge < -0.3 is 10.2 Å². The van der Waals surface area contributed by atoms with Gasteiger partial charge in [-0.05, 0) is 43.4 Å². The van der Waals surface area contributed by atoms with Gasteiger partial charge in [-0.1, -0.05) is 12.1 Å². The number of aliphatic hydroxyl groups is 1. The van der Waals surface area contributed by atoms with E-state index < -0.39 is 0 Å². The maximum atomic E-state index is 9.28. The first-order valence-electron chi connectivity index (χ1n) is 4.63. The highest BCUT2D eigenvalue weighted by Gasteiger charge is 1.97. The third kappa shape index (κ3) is 3.07. The number of phenolic OH excluding ortho intramolecular Hbond substituents is 1. The highest BCUT2D eigenvalue weighted by Crippen LogP contribution is 2.17. The van der Waals surface area contributed by atoms with Crippen LogP contribution in [0.15, 0.2) is 18.2 Å². The van der Waals surface area contributed by atoms with E-state index in [1.54, 1.807) is 6.07 Å². The van der Waals surface area contributed by atoms with Crippen molar-refractivity contribution in [3.05, 3.63) is 29.3 Å². The Balaban J connectivity index is 2.53. The largest absolute Gasteiger partial charge is 0.508 e. The second kappa shape index (κ2) is 4.87. The molecule has 0 aliphatic heterocycles. The summed E-state index contributed by atoms with van der Waals surface area (Å²) in [5.74, 6) is 0.353. The van der Waals surface area contributed by atoms with E-state index in [2.05, 4.69) is 0 Å². The number of aromatic hydroxyl groups is 1. The molecule has 0 bridgehead atoms. The van der Waals surface area contributed by atoms with Gasteiger partial charge in [0.15, 0.2) is 0 Å².